The number of anilines is 1. The summed E-state index contributed by atoms with van der Waals surface area (Å²) in [6, 6.07) is 0. The van der Waals surface area contributed by atoms with Gasteiger partial charge < -0.3 is 14.9 Å². The summed E-state index contributed by atoms with van der Waals surface area (Å²) in [7, 11) is 4.26. The van der Waals surface area contributed by atoms with Gasteiger partial charge in [-0.25, -0.2) is 4.98 Å². The topological polar surface area (TPSA) is 56.7 Å². The molecule has 0 bridgehead atoms. The SMILES string of the molecule is CN1CCC(CN(C)c2nc3c(s2)CCC3C(=O)O)CC1. The predicted molar refractivity (Wildman–Crippen MR) is 84.3 cm³/mol. The van der Waals surface area contributed by atoms with Gasteiger partial charge in [0.25, 0.3) is 0 Å². The Hall–Kier alpha value is -1.14. The molecule has 2 heterocycles. The Morgan fingerprint density at radius 3 is 2.81 bits per heavy atom. The number of aromatic nitrogens is 1. The van der Waals surface area contributed by atoms with Gasteiger partial charge in [-0.3, -0.25) is 4.79 Å². The van der Waals surface area contributed by atoms with E-state index in [1.54, 1.807) is 11.3 Å². The van der Waals surface area contributed by atoms with Gasteiger partial charge >= 0.3 is 5.97 Å². The minimum atomic E-state index is -0.733. The fourth-order valence-corrected chi connectivity index (χ4v) is 4.44. The minimum absolute atomic E-state index is 0.387. The molecule has 1 aromatic heterocycles. The van der Waals surface area contributed by atoms with Crippen LogP contribution in [0.3, 0.4) is 0 Å². The van der Waals surface area contributed by atoms with Crippen molar-refractivity contribution < 1.29 is 9.90 Å². The number of nitrogens with zero attached hydrogens (tertiary/aromatic N) is 3. The van der Waals surface area contributed by atoms with Crippen LogP contribution >= 0.6 is 11.3 Å². The zero-order valence-electron chi connectivity index (χ0n) is 12.7. The van der Waals surface area contributed by atoms with Gasteiger partial charge in [-0.2, -0.15) is 0 Å². The zero-order chi connectivity index (χ0) is 15.0. The van der Waals surface area contributed by atoms with E-state index in [4.69, 9.17) is 0 Å². The number of fused-ring (bicyclic) bond motifs is 1. The summed E-state index contributed by atoms with van der Waals surface area (Å²) >= 11 is 1.68. The summed E-state index contributed by atoms with van der Waals surface area (Å²) < 4.78 is 0. The molecule has 0 radical (unpaired) electrons. The van der Waals surface area contributed by atoms with Crippen LogP contribution in [0.15, 0.2) is 0 Å². The number of carboxylic acid groups (broad SMARTS) is 1. The normalized spacial score (nSPS) is 23.2. The summed E-state index contributed by atoms with van der Waals surface area (Å²) in [5, 5.41) is 10.2. The highest BCUT2D eigenvalue weighted by molar-refractivity contribution is 7.15. The van der Waals surface area contributed by atoms with Gasteiger partial charge in [0.15, 0.2) is 5.13 Å². The summed E-state index contributed by atoms with van der Waals surface area (Å²) in [6.07, 6.45) is 4.06. The predicted octanol–water partition coefficient (Wildman–Crippen LogP) is 2.04. The van der Waals surface area contributed by atoms with Gasteiger partial charge in [-0.1, -0.05) is 0 Å². The Morgan fingerprint density at radius 2 is 2.14 bits per heavy atom. The second kappa shape index (κ2) is 5.93. The van der Waals surface area contributed by atoms with E-state index in [9.17, 15) is 9.90 Å². The average molecular weight is 309 g/mol. The number of hydrogen-bond acceptors (Lipinski definition) is 5. The highest BCUT2D eigenvalue weighted by Gasteiger charge is 2.33. The van der Waals surface area contributed by atoms with Crippen molar-refractivity contribution in [3.63, 3.8) is 0 Å². The van der Waals surface area contributed by atoms with Crippen LogP contribution in [0.2, 0.25) is 0 Å². The fraction of sp³-hybridized carbons (Fsp3) is 0.733. The van der Waals surface area contributed by atoms with E-state index in [0.717, 1.165) is 29.7 Å². The van der Waals surface area contributed by atoms with Crippen molar-refractivity contribution in [3.05, 3.63) is 10.6 Å². The van der Waals surface area contributed by atoms with Crippen molar-refractivity contribution in [3.8, 4) is 0 Å². The first-order chi connectivity index (χ1) is 10.0. The van der Waals surface area contributed by atoms with Crippen LogP contribution in [0.5, 0.6) is 0 Å². The third-order valence-corrected chi connectivity index (χ3v) is 5.95. The van der Waals surface area contributed by atoms with E-state index < -0.39 is 5.97 Å². The van der Waals surface area contributed by atoms with Gasteiger partial charge in [0.1, 0.15) is 5.92 Å². The van der Waals surface area contributed by atoms with Crippen molar-refractivity contribution in [2.45, 2.75) is 31.6 Å². The van der Waals surface area contributed by atoms with Gasteiger partial charge in [-0.05, 0) is 51.7 Å². The lowest BCUT2D eigenvalue weighted by Gasteiger charge is -2.31. The highest BCUT2D eigenvalue weighted by atomic mass is 32.1. The maximum Gasteiger partial charge on any atom is 0.312 e. The van der Waals surface area contributed by atoms with Crippen LogP contribution in [0.4, 0.5) is 5.13 Å². The molecule has 0 saturated carbocycles. The minimum Gasteiger partial charge on any atom is -0.481 e. The monoisotopic (exact) mass is 309 g/mol. The molecular weight excluding hydrogens is 286 g/mol. The quantitative estimate of drug-likeness (QED) is 0.922. The Balaban J connectivity index is 1.65. The number of hydrogen-bond donors (Lipinski definition) is 1. The third-order valence-electron chi connectivity index (χ3n) is 4.70. The highest BCUT2D eigenvalue weighted by Crippen LogP contribution is 2.39. The second-order valence-corrected chi connectivity index (χ2v) is 7.42. The summed E-state index contributed by atoms with van der Waals surface area (Å²) in [5.74, 6) is -0.398. The van der Waals surface area contributed by atoms with Gasteiger partial charge in [-0.15, -0.1) is 11.3 Å². The second-order valence-electron chi connectivity index (χ2n) is 6.36. The molecule has 5 nitrogen and oxygen atoms in total. The van der Waals surface area contributed by atoms with E-state index in [2.05, 4.69) is 28.9 Å². The first-order valence-electron chi connectivity index (χ1n) is 7.66. The number of likely N-dealkylation sites (tertiary alicyclic amines) is 1. The lowest BCUT2D eigenvalue weighted by atomic mass is 9.97. The van der Waals surface area contributed by atoms with Crippen molar-refractivity contribution in [2.24, 2.45) is 5.92 Å². The number of thiazole rings is 1. The molecule has 1 saturated heterocycles. The Labute approximate surface area is 129 Å². The van der Waals surface area contributed by atoms with E-state index in [1.807, 2.05) is 0 Å². The summed E-state index contributed by atoms with van der Waals surface area (Å²) in [5.41, 5.74) is 0.817. The van der Waals surface area contributed by atoms with E-state index in [1.165, 1.54) is 30.8 Å². The van der Waals surface area contributed by atoms with Crippen LogP contribution < -0.4 is 4.90 Å². The molecule has 116 valence electrons. The molecule has 1 aromatic rings. The van der Waals surface area contributed by atoms with Crippen molar-refractivity contribution >= 4 is 22.4 Å². The molecule has 0 spiro atoms. The molecule has 1 fully saturated rings. The molecule has 0 amide bonds. The molecule has 1 N–H and O–H groups in total. The number of aryl methyl sites for hydroxylation is 1. The number of carboxylic acids is 1. The van der Waals surface area contributed by atoms with Crippen molar-refractivity contribution in [2.75, 3.05) is 38.6 Å². The maximum absolute atomic E-state index is 11.2. The molecule has 6 heteroatoms. The van der Waals surface area contributed by atoms with E-state index >= 15 is 0 Å². The van der Waals surface area contributed by atoms with Crippen molar-refractivity contribution in [1.29, 1.82) is 0 Å². The molecule has 1 atom stereocenters. The Morgan fingerprint density at radius 1 is 1.43 bits per heavy atom. The smallest absolute Gasteiger partial charge is 0.312 e. The lowest BCUT2D eigenvalue weighted by Crippen LogP contribution is -2.35. The summed E-state index contributed by atoms with van der Waals surface area (Å²) in [6.45, 7) is 3.37. The molecule has 21 heavy (non-hydrogen) atoms. The molecule has 3 rings (SSSR count). The number of carbonyl (C=O) groups is 1. The molecule has 2 aliphatic rings. The van der Waals surface area contributed by atoms with E-state index in [0.29, 0.717) is 6.42 Å². The number of rotatable bonds is 4. The fourth-order valence-electron chi connectivity index (χ4n) is 3.33. The number of piperidine rings is 1. The Kier molecular flexibility index (Phi) is 4.17. The zero-order valence-corrected chi connectivity index (χ0v) is 13.5. The lowest BCUT2D eigenvalue weighted by molar-refractivity contribution is -0.138. The average Bonchev–Trinajstić information content (AvgIpc) is 3.00. The van der Waals surface area contributed by atoms with Crippen LogP contribution in [0.1, 0.15) is 35.8 Å². The van der Waals surface area contributed by atoms with E-state index in [-0.39, 0.29) is 5.92 Å². The standard InChI is InChI=1S/C15H23N3O2S/c1-17-7-5-10(6-8-17)9-18(2)15-16-13-11(14(19)20)3-4-12(13)21-15/h10-11H,3-9H2,1-2H3,(H,19,20). The van der Waals surface area contributed by atoms with Crippen molar-refractivity contribution in [1.82, 2.24) is 9.88 Å². The molecule has 0 aromatic carbocycles. The molecule has 1 aliphatic heterocycles. The molecule has 1 aliphatic carbocycles. The van der Waals surface area contributed by atoms with Crippen LogP contribution in [-0.2, 0) is 11.2 Å². The molecule has 1 unspecified atom stereocenters. The molecular formula is C15H23N3O2S. The first kappa shape index (κ1) is 14.8. The van der Waals surface area contributed by atoms with Gasteiger partial charge in [0.2, 0.25) is 0 Å². The van der Waals surface area contributed by atoms with Gasteiger partial charge in [0, 0.05) is 18.5 Å². The van der Waals surface area contributed by atoms with Crippen LogP contribution in [0, 0.1) is 5.92 Å². The van der Waals surface area contributed by atoms with Crippen LogP contribution in [0.25, 0.3) is 0 Å². The Bertz CT molecular complexity index is 523. The largest absolute Gasteiger partial charge is 0.481 e. The number of aliphatic carboxylic acids is 1. The third kappa shape index (κ3) is 3.06. The van der Waals surface area contributed by atoms with Gasteiger partial charge in [0.05, 0.1) is 5.69 Å². The van der Waals surface area contributed by atoms with Crippen LogP contribution in [-0.4, -0.2) is 54.7 Å². The maximum atomic E-state index is 11.2. The summed E-state index contributed by atoms with van der Waals surface area (Å²) in [4.78, 5) is 21.6. The first-order valence-corrected chi connectivity index (χ1v) is 8.48.